The third kappa shape index (κ3) is 19.5. The summed E-state index contributed by atoms with van der Waals surface area (Å²) in [5.74, 6) is -9.86. The Bertz CT molecular complexity index is 2330. The SMILES string of the molecule is CCC(C)CC(C)CCCCCCCCC(=O)N[C@H]1C[C@@H](O)[C@@H](O)NC(=O)[C@@H]2[C@@H](O)CCN2C(=O)[C@H]([C@H](O)CC(N)=O)NC(=O)[C@H]([C@H](O)[C@@H](O)c2ccc(O)c(NC(=O)CCN)c2)NC(=O)[C@@H]2C[C@@H](O)CN2C(=O)[C@H]([C@@H](C)O)NC1=O. The Labute approximate surface area is 470 Å². The van der Waals surface area contributed by atoms with Crippen molar-refractivity contribution >= 4 is 58.9 Å². The highest BCUT2D eigenvalue weighted by atomic mass is 16.3. The number of phenols is 1. The molecule has 3 saturated heterocycles. The Balaban J connectivity index is 1.73. The van der Waals surface area contributed by atoms with E-state index in [0.29, 0.717) is 29.6 Å². The van der Waals surface area contributed by atoms with Gasteiger partial charge in [0, 0.05) is 45.3 Å². The number of benzene rings is 1. The van der Waals surface area contributed by atoms with Gasteiger partial charge in [-0.1, -0.05) is 71.8 Å². The maximum absolute atomic E-state index is 14.6. The number of nitrogens with two attached hydrogens (primary N) is 2. The summed E-state index contributed by atoms with van der Waals surface area (Å²) in [7, 11) is 0. The molecule has 4 rings (SSSR count). The number of nitrogens with zero attached hydrogens (tertiary/aromatic N) is 2. The van der Waals surface area contributed by atoms with Crippen molar-refractivity contribution in [3.05, 3.63) is 23.8 Å². The number of aliphatic hydroxyl groups is 8. The summed E-state index contributed by atoms with van der Waals surface area (Å²) < 4.78 is 0. The van der Waals surface area contributed by atoms with Crippen LogP contribution in [-0.2, 0) is 43.2 Å². The molecule has 0 aliphatic carbocycles. The lowest BCUT2D eigenvalue weighted by Gasteiger charge is -2.34. The number of aromatic hydroxyl groups is 1. The molecule has 1 aromatic carbocycles. The lowest BCUT2D eigenvalue weighted by Crippen LogP contribution is -2.64. The molecular weight excluding hydrogens is 1060 g/mol. The zero-order valence-corrected chi connectivity index (χ0v) is 46.4. The van der Waals surface area contributed by atoms with Gasteiger partial charge in [0.05, 0.1) is 36.5 Å². The summed E-state index contributed by atoms with van der Waals surface area (Å²) in [5, 5.41) is 114. The van der Waals surface area contributed by atoms with Crippen LogP contribution in [0.5, 0.6) is 5.75 Å². The molecule has 3 aliphatic rings. The first-order valence-corrected chi connectivity index (χ1v) is 27.9. The van der Waals surface area contributed by atoms with E-state index in [1.165, 1.54) is 6.42 Å². The van der Waals surface area contributed by atoms with Crippen LogP contribution in [0.2, 0.25) is 0 Å². The quantitative estimate of drug-likeness (QED) is 0.0366. The topological polar surface area (TPSA) is 466 Å². The highest BCUT2D eigenvalue weighted by molar-refractivity contribution is 5.98. The number of nitrogens with one attached hydrogen (secondary N) is 6. The number of hydrogen-bond donors (Lipinski definition) is 17. The fraction of sp³-hybridized carbons (Fsp3) is 0.717. The third-order valence-electron chi connectivity index (χ3n) is 15.1. The van der Waals surface area contributed by atoms with Crippen molar-refractivity contribution in [2.45, 2.75) is 209 Å². The minimum atomic E-state index is -2.51. The van der Waals surface area contributed by atoms with Crippen LogP contribution in [0.4, 0.5) is 5.69 Å². The molecule has 9 amide bonds. The van der Waals surface area contributed by atoms with Gasteiger partial charge < -0.3 is 99.1 Å². The summed E-state index contributed by atoms with van der Waals surface area (Å²) >= 11 is 0. The monoisotopic (exact) mass is 1150 g/mol. The van der Waals surface area contributed by atoms with Gasteiger partial charge in [-0.2, -0.15) is 0 Å². The second-order valence-corrected chi connectivity index (χ2v) is 21.9. The highest BCUT2D eigenvalue weighted by Crippen LogP contribution is 2.31. The average molecular weight is 1150 g/mol. The first kappa shape index (κ1) is 67.4. The van der Waals surface area contributed by atoms with E-state index in [4.69, 9.17) is 11.5 Å². The number of amides is 9. The summed E-state index contributed by atoms with van der Waals surface area (Å²) in [6.45, 7) is 6.56. The summed E-state index contributed by atoms with van der Waals surface area (Å²) in [6, 6.07) is -9.25. The molecular formula is C53H86N10O18. The van der Waals surface area contributed by atoms with Gasteiger partial charge in [-0.3, -0.25) is 43.2 Å². The maximum Gasteiger partial charge on any atom is 0.248 e. The molecule has 3 fully saturated rings. The molecule has 16 atom stereocenters. The number of anilines is 1. The molecule has 0 bridgehead atoms. The first-order valence-electron chi connectivity index (χ1n) is 27.9. The van der Waals surface area contributed by atoms with Gasteiger partial charge >= 0.3 is 0 Å². The summed E-state index contributed by atoms with van der Waals surface area (Å²) in [5.41, 5.74) is 10.2. The van der Waals surface area contributed by atoms with Gasteiger partial charge in [-0.25, -0.2) is 0 Å². The summed E-state index contributed by atoms with van der Waals surface area (Å²) in [6.07, 6.45) is -11.2. The Morgan fingerprint density at radius 1 is 0.728 bits per heavy atom. The van der Waals surface area contributed by atoms with Crippen molar-refractivity contribution in [1.82, 2.24) is 36.4 Å². The Kier molecular flexibility index (Phi) is 26.6. The molecule has 28 heteroatoms. The minimum absolute atomic E-state index is 0.0877. The molecule has 0 saturated carbocycles. The molecule has 19 N–H and O–H groups in total. The van der Waals surface area contributed by atoms with E-state index < -0.39 is 176 Å². The average Bonchev–Trinajstić information content (AvgIpc) is 4.00. The van der Waals surface area contributed by atoms with Gasteiger partial charge in [-0.05, 0) is 55.7 Å². The molecule has 0 radical (unpaired) electrons. The molecule has 81 heavy (non-hydrogen) atoms. The lowest BCUT2D eigenvalue weighted by molar-refractivity contribution is -0.149. The highest BCUT2D eigenvalue weighted by Gasteiger charge is 2.49. The van der Waals surface area contributed by atoms with Crippen LogP contribution >= 0.6 is 0 Å². The van der Waals surface area contributed by atoms with E-state index in [1.54, 1.807) is 0 Å². The van der Waals surface area contributed by atoms with Crippen LogP contribution in [0.1, 0.15) is 136 Å². The predicted octanol–water partition coefficient (Wildman–Crippen LogP) is -4.05. The Morgan fingerprint density at radius 3 is 2.00 bits per heavy atom. The smallest absolute Gasteiger partial charge is 0.248 e. The molecule has 3 heterocycles. The molecule has 456 valence electrons. The second kappa shape index (κ2) is 31.9. The van der Waals surface area contributed by atoms with Crippen LogP contribution in [0.3, 0.4) is 0 Å². The van der Waals surface area contributed by atoms with E-state index >= 15 is 0 Å². The number of primary amides is 1. The number of carbonyl (C=O) groups excluding carboxylic acids is 9. The van der Waals surface area contributed by atoms with Crippen molar-refractivity contribution in [1.29, 1.82) is 0 Å². The second-order valence-electron chi connectivity index (χ2n) is 21.9. The van der Waals surface area contributed by atoms with E-state index in [1.807, 2.05) is 5.32 Å². The number of fused-ring (bicyclic) bond motifs is 2. The van der Waals surface area contributed by atoms with E-state index in [2.05, 4.69) is 47.4 Å². The zero-order chi connectivity index (χ0) is 60.4. The van der Waals surface area contributed by atoms with Crippen LogP contribution in [0, 0.1) is 11.8 Å². The molecule has 28 nitrogen and oxygen atoms in total. The first-order chi connectivity index (χ1) is 38.2. The van der Waals surface area contributed by atoms with Gasteiger partial charge in [0.25, 0.3) is 0 Å². The van der Waals surface area contributed by atoms with Gasteiger partial charge in [0.15, 0.2) is 6.23 Å². The predicted molar refractivity (Wildman–Crippen MR) is 288 cm³/mol. The van der Waals surface area contributed by atoms with Crippen LogP contribution in [0.15, 0.2) is 18.2 Å². The molecule has 1 aromatic rings. The van der Waals surface area contributed by atoms with Crippen molar-refractivity contribution in [3.63, 3.8) is 0 Å². The van der Waals surface area contributed by atoms with Crippen molar-refractivity contribution in [2.24, 2.45) is 23.3 Å². The standard InChI is InChI=1S/C53H86N10O18/c1-5-26(2)20-27(3)12-10-8-6-7-9-11-13-39(71)57-32-23-37(69)49(77)61-51(79)44-35(67)17-19-62(44)53(81)42(36(68)24-38(55)70)59-50(78)43(46(74)45(73)29-14-15-34(66)31(21-29)56-40(72)16-18-54)60-48(76)33-22-30(65)25-63(33)52(80)41(28(4)64)58-47(32)75/h14-15,21,26-28,30,32-33,35-37,41-46,49,64-69,73-74,77H,5-13,16-20,22-25,54H2,1-4H3,(H2,55,70)(H,56,72)(H,57,71)(H,58,75)(H,59,78)(H,60,76)(H,61,79)/t26?,27?,28-,30-,32+,33+,35+,36-,37-,41+,42+,43+,44+,45+,46+,49-/m1/s1. The fourth-order valence-electron chi connectivity index (χ4n) is 10.3. The van der Waals surface area contributed by atoms with Crippen molar-refractivity contribution in [3.8, 4) is 5.75 Å². The normalized spacial score (nSPS) is 27.7. The number of hydrogen-bond acceptors (Lipinski definition) is 19. The van der Waals surface area contributed by atoms with E-state index in [9.17, 15) is 89.1 Å². The number of aliphatic hydroxyl groups excluding tert-OH is 8. The number of carbonyl (C=O) groups is 9. The molecule has 2 unspecified atom stereocenters. The van der Waals surface area contributed by atoms with Crippen LogP contribution < -0.4 is 43.4 Å². The fourth-order valence-corrected chi connectivity index (χ4v) is 10.3. The van der Waals surface area contributed by atoms with Crippen molar-refractivity contribution in [2.75, 3.05) is 25.0 Å². The molecule has 0 aromatic heterocycles. The van der Waals surface area contributed by atoms with Crippen LogP contribution in [0.25, 0.3) is 0 Å². The Morgan fingerprint density at radius 2 is 1.36 bits per heavy atom. The number of unbranched alkanes of at least 4 members (excludes halogenated alkanes) is 5. The largest absolute Gasteiger partial charge is 0.506 e. The maximum atomic E-state index is 14.6. The molecule has 0 spiro atoms. The molecule has 3 aliphatic heterocycles. The van der Waals surface area contributed by atoms with Gasteiger partial charge in [0.2, 0.25) is 53.2 Å². The zero-order valence-electron chi connectivity index (χ0n) is 46.4. The van der Waals surface area contributed by atoms with E-state index in [-0.39, 0.29) is 37.1 Å². The third-order valence-corrected chi connectivity index (χ3v) is 15.1. The lowest BCUT2D eigenvalue weighted by atomic mass is 9.91. The van der Waals surface area contributed by atoms with Crippen molar-refractivity contribution < 1.29 is 89.1 Å². The number of rotatable bonds is 23. The van der Waals surface area contributed by atoms with Gasteiger partial charge in [0.1, 0.15) is 60.3 Å². The number of phenolic OH excluding ortho intramolecular Hbond substituents is 1. The minimum Gasteiger partial charge on any atom is -0.506 e. The Hall–Kier alpha value is -6.11. The summed E-state index contributed by atoms with van der Waals surface area (Å²) in [4.78, 5) is 126. The van der Waals surface area contributed by atoms with Gasteiger partial charge in [-0.15, -0.1) is 0 Å². The van der Waals surface area contributed by atoms with Crippen LogP contribution in [-0.4, -0.2) is 208 Å². The van der Waals surface area contributed by atoms with E-state index in [0.717, 1.165) is 68.5 Å².